The van der Waals surface area contributed by atoms with Crippen LogP contribution in [-0.4, -0.2) is 6.18 Å². The van der Waals surface area contributed by atoms with Crippen molar-refractivity contribution < 1.29 is 13.2 Å². The molecule has 1 saturated carbocycles. The molecule has 0 nitrogen and oxygen atoms in total. The van der Waals surface area contributed by atoms with Crippen LogP contribution in [0.2, 0.25) is 0 Å². The van der Waals surface area contributed by atoms with Gasteiger partial charge in [0.25, 0.3) is 0 Å². The Morgan fingerprint density at radius 2 is 1.77 bits per heavy atom. The lowest BCUT2D eigenvalue weighted by atomic mass is 9.76. The summed E-state index contributed by atoms with van der Waals surface area (Å²) in [4.78, 5) is 0. The highest BCUT2D eigenvalue weighted by Gasteiger charge is 2.42. The van der Waals surface area contributed by atoms with Crippen molar-refractivity contribution in [2.75, 3.05) is 0 Å². The van der Waals surface area contributed by atoms with Gasteiger partial charge in [0.2, 0.25) is 0 Å². The van der Waals surface area contributed by atoms with E-state index in [-0.39, 0.29) is 5.92 Å². The summed E-state index contributed by atoms with van der Waals surface area (Å²) in [5.74, 6) is -0.362. The largest absolute Gasteiger partial charge is 0.391 e. The number of halogens is 3. The lowest BCUT2D eigenvalue weighted by Gasteiger charge is -2.32. The van der Waals surface area contributed by atoms with Gasteiger partial charge in [0.05, 0.1) is 5.92 Å². The van der Waals surface area contributed by atoms with Gasteiger partial charge in [-0.3, -0.25) is 0 Å². The van der Waals surface area contributed by atoms with E-state index in [1.807, 2.05) is 13.8 Å². The Hall–Kier alpha value is -0.210. The van der Waals surface area contributed by atoms with Crippen LogP contribution in [0.5, 0.6) is 0 Å². The van der Waals surface area contributed by atoms with Crippen LogP contribution in [0, 0.1) is 17.8 Å². The molecule has 0 aromatic carbocycles. The monoisotopic (exact) mass is 194 g/mol. The van der Waals surface area contributed by atoms with Gasteiger partial charge in [-0.05, 0) is 24.7 Å². The topological polar surface area (TPSA) is 0 Å². The number of hydrogen-bond donors (Lipinski definition) is 0. The molecule has 0 heterocycles. The van der Waals surface area contributed by atoms with Gasteiger partial charge in [0.15, 0.2) is 0 Å². The van der Waals surface area contributed by atoms with Crippen LogP contribution in [-0.2, 0) is 0 Å². The van der Waals surface area contributed by atoms with E-state index in [2.05, 4.69) is 0 Å². The van der Waals surface area contributed by atoms with Gasteiger partial charge in [-0.15, -0.1) is 0 Å². The van der Waals surface area contributed by atoms with E-state index in [0.717, 1.165) is 12.8 Å². The molecule has 0 aromatic heterocycles. The SMILES string of the molecule is CC(C)[C@@H]1CCC[C@@H](C(F)(F)F)C1. The van der Waals surface area contributed by atoms with E-state index in [1.54, 1.807) is 0 Å². The molecule has 2 atom stereocenters. The fraction of sp³-hybridized carbons (Fsp3) is 1.00. The number of hydrogen-bond acceptors (Lipinski definition) is 0. The highest BCUT2D eigenvalue weighted by atomic mass is 19.4. The Bertz CT molecular complexity index is 160. The van der Waals surface area contributed by atoms with Crippen LogP contribution in [0.4, 0.5) is 13.2 Å². The molecule has 0 radical (unpaired) electrons. The molecule has 1 rings (SSSR count). The van der Waals surface area contributed by atoms with Crippen LogP contribution < -0.4 is 0 Å². The first kappa shape index (κ1) is 10.9. The van der Waals surface area contributed by atoms with E-state index in [4.69, 9.17) is 0 Å². The minimum Gasteiger partial charge on any atom is -0.171 e. The number of alkyl halides is 3. The molecular weight excluding hydrogens is 177 g/mol. The zero-order valence-corrected chi connectivity index (χ0v) is 8.19. The molecule has 0 bridgehead atoms. The third-order valence-corrected chi connectivity index (χ3v) is 3.12. The van der Waals surface area contributed by atoms with Crippen LogP contribution in [0.25, 0.3) is 0 Å². The highest BCUT2D eigenvalue weighted by Crippen LogP contribution is 2.41. The minimum absolute atomic E-state index is 0.278. The minimum atomic E-state index is -3.96. The maximum absolute atomic E-state index is 12.4. The molecule has 3 heteroatoms. The van der Waals surface area contributed by atoms with Gasteiger partial charge in [0.1, 0.15) is 0 Å². The van der Waals surface area contributed by atoms with Crippen LogP contribution in [0.1, 0.15) is 39.5 Å². The summed E-state index contributed by atoms with van der Waals surface area (Å²) < 4.78 is 37.1. The van der Waals surface area contributed by atoms with Gasteiger partial charge in [-0.25, -0.2) is 0 Å². The molecule has 0 aromatic rings. The molecule has 1 aliphatic rings. The first-order valence-electron chi connectivity index (χ1n) is 4.98. The Balaban J connectivity index is 2.52. The Kier molecular flexibility index (Phi) is 3.25. The average Bonchev–Trinajstić information content (AvgIpc) is 2.03. The second-order valence-corrected chi connectivity index (χ2v) is 4.41. The molecular formula is C10H17F3. The van der Waals surface area contributed by atoms with Crippen molar-refractivity contribution in [1.82, 2.24) is 0 Å². The summed E-state index contributed by atoms with van der Waals surface area (Å²) in [7, 11) is 0. The molecule has 0 amide bonds. The summed E-state index contributed by atoms with van der Waals surface area (Å²) in [5.41, 5.74) is 0. The summed E-state index contributed by atoms with van der Waals surface area (Å²) >= 11 is 0. The maximum Gasteiger partial charge on any atom is 0.391 e. The lowest BCUT2D eigenvalue weighted by Crippen LogP contribution is -2.30. The van der Waals surface area contributed by atoms with Gasteiger partial charge in [-0.2, -0.15) is 13.2 Å². The third kappa shape index (κ3) is 2.89. The molecule has 1 aliphatic carbocycles. The summed E-state index contributed by atoms with van der Waals surface area (Å²) in [6.45, 7) is 4.03. The zero-order chi connectivity index (χ0) is 10.1. The average molecular weight is 194 g/mol. The van der Waals surface area contributed by atoms with E-state index >= 15 is 0 Å². The van der Waals surface area contributed by atoms with Gasteiger partial charge in [-0.1, -0.05) is 26.7 Å². The van der Waals surface area contributed by atoms with Crippen molar-refractivity contribution >= 4 is 0 Å². The van der Waals surface area contributed by atoms with Crippen LogP contribution in [0.15, 0.2) is 0 Å². The van der Waals surface area contributed by atoms with E-state index in [0.29, 0.717) is 18.8 Å². The predicted molar refractivity (Wildman–Crippen MR) is 46.3 cm³/mol. The first-order chi connectivity index (χ1) is 5.91. The van der Waals surface area contributed by atoms with Crippen LogP contribution in [0.3, 0.4) is 0 Å². The normalized spacial score (nSPS) is 30.9. The van der Waals surface area contributed by atoms with Gasteiger partial charge in [0, 0.05) is 0 Å². The second kappa shape index (κ2) is 3.89. The number of rotatable bonds is 1. The van der Waals surface area contributed by atoms with Crippen molar-refractivity contribution in [3.05, 3.63) is 0 Å². The molecule has 1 fully saturated rings. The summed E-state index contributed by atoms with van der Waals surface area (Å²) in [5, 5.41) is 0. The van der Waals surface area contributed by atoms with Crippen molar-refractivity contribution in [2.45, 2.75) is 45.7 Å². The van der Waals surface area contributed by atoms with Crippen LogP contribution >= 0.6 is 0 Å². The van der Waals surface area contributed by atoms with E-state index < -0.39 is 12.1 Å². The fourth-order valence-electron chi connectivity index (χ4n) is 2.13. The molecule has 0 spiro atoms. The van der Waals surface area contributed by atoms with Gasteiger partial charge < -0.3 is 0 Å². The van der Waals surface area contributed by atoms with E-state index in [9.17, 15) is 13.2 Å². The first-order valence-corrected chi connectivity index (χ1v) is 4.98. The Morgan fingerprint density at radius 3 is 2.23 bits per heavy atom. The summed E-state index contributed by atoms with van der Waals surface area (Å²) in [6.07, 6.45) is -1.56. The highest BCUT2D eigenvalue weighted by molar-refractivity contribution is 4.79. The summed E-state index contributed by atoms with van der Waals surface area (Å²) in [6, 6.07) is 0. The molecule has 0 saturated heterocycles. The molecule has 0 unspecified atom stereocenters. The zero-order valence-electron chi connectivity index (χ0n) is 8.19. The Morgan fingerprint density at radius 1 is 1.15 bits per heavy atom. The van der Waals surface area contributed by atoms with Crippen molar-refractivity contribution in [2.24, 2.45) is 17.8 Å². The standard InChI is InChI=1S/C10H17F3/c1-7(2)8-4-3-5-9(6-8)10(11,12)13/h7-9H,3-6H2,1-2H3/t8-,9-/m1/s1. The van der Waals surface area contributed by atoms with Crippen molar-refractivity contribution in [1.29, 1.82) is 0 Å². The predicted octanol–water partition coefficient (Wildman–Crippen LogP) is 4.01. The maximum atomic E-state index is 12.4. The quantitative estimate of drug-likeness (QED) is 0.591. The van der Waals surface area contributed by atoms with E-state index in [1.165, 1.54) is 0 Å². The molecule has 0 aliphatic heterocycles. The third-order valence-electron chi connectivity index (χ3n) is 3.12. The molecule has 0 N–H and O–H groups in total. The lowest BCUT2D eigenvalue weighted by molar-refractivity contribution is -0.186. The smallest absolute Gasteiger partial charge is 0.171 e. The fourth-order valence-corrected chi connectivity index (χ4v) is 2.13. The van der Waals surface area contributed by atoms with Gasteiger partial charge >= 0.3 is 6.18 Å². The molecule has 13 heavy (non-hydrogen) atoms. The van der Waals surface area contributed by atoms with Crippen molar-refractivity contribution in [3.8, 4) is 0 Å². The Labute approximate surface area is 77.5 Å². The molecule has 78 valence electrons. The van der Waals surface area contributed by atoms with Crippen molar-refractivity contribution in [3.63, 3.8) is 0 Å². The second-order valence-electron chi connectivity index (χ2n) is 4.41.